The summed E-state index contributed by atoms with van der Waals surface area (Å²) in [7, 11) is 6.54. The Hall–Kier alpha value is -6.04. The molecule has 2 aromatic carbocycles. The van der Waals surface area contributed by atoms with Crippen LogP contribution < -0.4 is 20.1 Å². The average molecular weight is 888 g/mol. The molecule has 326 valence electrons. The number of hydroxylamine groups is 2. The Morgan fingerprint density at radius 2 is 1.21 bits per heavy atom. The summed E-state index contributed by atoms with van der Waals surface area (Å²) in [5.74, 6) is 2.31. The number of carbonyl (C=O) groups excluding carboxylic acids is 1. The molecule has 2 aliphatic carbocycles. The smallest absolute Gasteiger partial charge is 0.309 e. The number of nitrogens with zero attached hydrogens (tertiary/aromatic N) is 7. The van der Waals surface area contributed by atoms with Gasteiger partial charge < -0.3 is 25.2 Å². The molecule has 4 aliphatic rings. The van der Waals surface area contributed by atoms with Gasteiger partial charge in [-0.1, -0.05) is 13.8 Å². The van der Waals surface area contributed by atoms with Gasteiger partial charge in [0.1, 0.15) is 45.5 Å². The van der Waals surface area contributed by atoms with E-state index in [1.165, 1.54) is 28.2 Å². The number of carboxylic acids is 1. The molecule has 0 spiro atoms. The lowest BCUT2D eigenvalue weighted by Gasteiger charge is -2.37. The molecule has 0 unspecified atom stereocenters. The third-order valence-electron chi connectivity index (χ3n) is 13.3. The summed E-state index contributed by atoms with van der Waals surface area (Å²) in [6.45, 7) is 5.39. The summed E-state index contributed by atoms with van der Waals surface area (Å²) in [6.07, 6.45) is 12.4. The molecule has 6 heterocycles. The van der Waals surface area contributed by atoms with Gasteiger partial charge in [0.05, 0.1) is 67.4 Å². The van der Waals surface area contributed by atoms with E-state index in [-0.39, 0.29) is 5.91 Å². The SMILES string of the molecule is CC[C@@]1(C(=O)N(C)OC)CCc2c(sc3ncnc(Nc4cc5c(cc4OC)CN=C5)c23)C1.CC[C@@]1(C(=O)O)CCc2c(sc3ncnc(Nc4cc5c(cc4OC)CN=C5)c23)C1. The van der Waals surface area contributed by atoms with Gasteiger partial charge in [0.25, 0.3) is 5.91 Å². The Kier molecular flexibility index (Phi) is 11.4. The number of ether oxygens (including phenoxy) is 2. The molecule has 0 fully saturated rings. The molecular weight excluding hydrogens is 839 g/mol. The number of methoxy groups -OCH3 is 2. The zero-order valence-corrected chi connectivity index (χ0v) is 37.8. The second-order valence-corrected chi connectivity index (χ2v) is 18.6. The van der Waals surface area contributed by atoms with Crippen molar-refractivity contribution in [2.75, 3.05) is 39.0 Å². The van der Waals surface area contributed by atoms with E-state index >= 15 is 0 Å². The molecule has 3 N–H and O–H groups in total. The maximum absolute atomic E-state index is 13.1. The number of aliphatic carboxylic acids is 1. The molecule has 4 aromatic heterocycles. The predicted molar refractivity (Wildman–Crippen MR) is 247 cm³/mol. The van der Waals surface area contributed by atoms with Gasteiger partial charge in [0.15, 0.2) is 0 Å². The maximum Gasteiger partial charge on any atom is 0.309 e. The van der Waals surface area contributed by atoms with Crippen LogP contribution in [0.1, 0.15) is 82.7 Å². The van der Waals surface area contributed by atoms with Gasteiger partial charge in [-0.3, -0.25) is 24.4 Å². The van der Waals surface area contributed by atoms with E-state index < -0.39 is 16.8 Å². The first kappa shape index (κ1) is 42.3. The molecule has 17 heteroatoms. The number of aromatic nitrogens is 4. The van der Waals surface area contributed by atoms with Gasteiger partial charge in [0, 0.05) is 29.2 Å². The number of anilines is 4. The monoisotopic (exact) mass is 887 g/mol. The highest BCUT2D eigenvalue weighted by molar-refractivity contribution is 7.19. The molecule has 0 bridgehead atoms. The summed E-state index contributed by atoms with van der Waals surface area (Å²) >= 11 is 3.24. The van der Waals surface area contributed by atoms with Crippen molar-refractivity contribution in [3.05, 3.63) is 80.1 Å². The van der Waals surface area contributed by atoms with Crippen LogP contribution in [0, 0.1) is 10.8 Å². The standard InChI is InChI=1S/C24H27N5O3S.C22H22N4O3S/c1-5-24(23(30)29(2)32-4)7-6-16-19(10-24)33-22-20(16)21(26-13-27-22)28-17-8-14-11-25-12-15(14)9-18(17)31-3;1-3-22(21(27)28)5-4-14-17(8-22)30-20-18(14)19(24-11-25-20)26-15-6-12-9-23-10-13(12)7-16(15)29-2/h8-9,11,13H,5-7,10,12H2,1-4H3,(H,26,27,28);6-7,9,11H,3-5,8,10H2,1-2H3,(H,27,28)(H,24,25,26)/t24-;22-/m11/s1. The number of benzene rings is 2. The Labute approximate surface area is 372 Å². The van der Waals surface area contributed by atoms with Crippen molar-refractivity contribution in [3.63, 3.8) is 0 Å². The number of carbonyl (C=O) groups is 2. The quantitative estimate of drug-likeness (QED) is 0.105. The lowest BCUT2D eigenvalue weighted by atomic mass is 9.71. The molecule has 2 atom stereocenters. The van der Waals surface area contributed by atoms with E-state index in [0.29, 0.717) is 45.2 Å². The van der Waals surface area contributed by atoms with Gasteiger partial charge in [-0.15, -0.1) is 22.7 Å². The first-order valence-corrected chi connectivity index (χ1v) is 22.7. The van der Waals surface area contributed by atoms with E-state index in [4.69, 9.17) is 14.3 Å². The average Bonchev–Trinajstić information content (AvgIpc) is 4.12. The number of rotatable bonds is 11. The molecule has 1 amide bonds. The van der Waals surface area contributed by atoms with Crippen LogP contribution in [0.4, 0.5) is 23.0 Å². The number of hydrogen-bond donors (Lipinski definition) is 3. The van der Waals surface area contributed by atoms with E-state index in [0.717, 1.165) is 101 Å². The summed E-state index contributed by atoms with van der Waals surface area (Å²) in [4.78, 5) is 61.2. The van der Waals surface area contributed by atoms with Crippen molar-refractivity contribution in [2.24, 2.45) is 20.8 Å². The number of hydrogen-bond acceptors (Lipinski definition) is 15. The summed E-state index contributed by atoms with van der Waals surface area (Å²) < 4.78 is 11.2. The first-order valence-electron chi connectivity index (χ1n) is 21.1. The lowest BCUT2D eigenvalue weighted by molar-refractivity contribution is -0.181. The van der Waals surface area contributed by atoms with Crippen molar-refractivity contribution < 1.29 is 29.0 Å². The Balaban J connectivity index is 0.000000161. The highest BCUT2D eigenvalue weighted by atomic mass is 32.1. The van der Waals surface area contributed by atoms with E-state index in [9.17, 15) is 14.7 Å². The van der Waals surface area contributed by atoms with Gasteiger partial charge >= 0.3 is 5.97 Å². The fourth-order valence-corrected chi connectivity index (χ4v) is 12.0. The molecule has 6 aromatic rings. The number of fused-ring (bicyclic) bond motifs is 8. The van der Waals surface area contributed by atoms with Crippen molar-refractivity contribution in [3.8, 4) is 11.5 Å². The number of thiophene rings is 2. The van der Waals surface area contributed by atoms with Crippen molar-refractivity contribution >= 4 is 90.4 Å². The van der Waals surface area contributed by atoms with Crippen molar-refractivity contribution in [2.45, 2.75) is 78.3 Å². The number of carboxylic acid groups (broad SMARTS) is 1. The highest BCUT2D eigenvalue weighted by Crippen LogP contribution is 2.49. The zero-order valence-electron chi connectivity index (χ0n) is 36.1. The summed E-state index contributed by atoms with van der Waals surface area (Å²) in [5, 5.41) is 20.1. The third kappa shape index (κ3) is 7.44. The van der Waals surface area contributed by atoms with E-state index in [1.54, 1.807) is 56.6 Å². The van der Waals surface area contributed by atoms with Gasteiger partial charge in [-0.05, 0) is 109 Å². The molecule has 10 rings (SSSR count). The fourth-order valence-electron chi connectivity index (χ4n) is 9.35. The molecule has 0 saturated carbocycles. The number of nitrogens with one attached hydrogen (secondary N) is 2. The summed E-state index contributed by atoms with van der Waals surface area (Å²) in [6, 6.07) is 8.12. The van der Waals surface area contributed by atoms with Gasteiger partial charge in [-0.2, -0.15) is 0 Å². The normalized spacial score (nSPS) is 19.1. The van der Waals surface area contributed by atoms with E-state index in [1.807, 2.05) is 37.6 Å². The number of aryl methyl sites for hydroxylation is 2. The van der Waals surface area contributed by atoms with Crippen LogP contribution >= 0.6 is 22.7 Å². The van der Waals surface area contributed by atoms with Gasteiger partial charge in [0.2, 0.25) is 0 Å². The van der Waals surface area contributed by atoms with Crippen LogP contribution in [-0.4, -0.2) is 82.8 Å². The molecule has 0 radical (unpaired) electrons. The van der Waals surface area contributed by atoms with Crippen molar-refractivity contribution in [1.29, 1.82) is 0 Å². The Bertz CT molecular complexity index is 2860. The molecular formula is C46H49N9O6S2. The maximum atomic E-state index is 13.1. The van der Waals surface area contributed by atoms with Crippen LogP contribution in [-0.2, 0) is 53.2 Å². The molecule has 2 aliphatic heterocycles. The zero-order chi connectivity index (χ0) is 44.0. The molecule has 15 nitrogen and oxygen atoms in total. The highest BCUT2D eigenvalue weighted by Gasteiger charge is 2.44. The van der Waals surface area contributed by atoms with Crippen LogP contribution in [0.3, 0.4) is 0 Å². The topological polar surface area (TPSA) is 186 Å². The number of aliphatic imine (C=N–C) groups is 2. The van der Waals surface area contributed by atoms with Gasteiger partial charge in [-0.25, -0.2) is 25.0 Å². The Morgan fingerprint density at radius 1 is 0.730 bits per heavy atom. The molecule has 63 heavy (non-hydrogen) atoms. The first-order chi connectivity index (χ1) is 30.5. The third-order valence-corrected chi connectivity index (χ3v) is 15.6. The van der Waals surface area contributed by atoms with Crippen LogP contribution in [0.2, 0.25) is 0 Å². The minimum atomic E-state index is -0.706. The second kappa shape index (κ2) is 16.9. The minimum absolute atomic E-state index is 0.0320. The van der Waals surface area contributed by atoms with Crippen LogP contribution in [0.15, 0.2) is 46.9 Å². The predicted octanol–water partition coefficient (Wildman–Crippen LogP) is 8.63. The van der Waals surface area contributed by atoms with Crippen LogP contribution in [0.25, 0.3) is 20.4 Å². The van der Waals surface area contributed by atoms with Crippen LogP contribution in [0.5, 0.6) is 11.5 Å². The Morgan fingerprint density at radius 3 is 1.65 bits per heavy atom. The van der Waals surface area contributed by atoms with E-state index in [2.05, 4.69) is 53.5 Å². The van der Waals surface area contributed by atoms with Crippen molar-refractivity contribution in [1.82, 2.24) is 25.0 Å². The molecule has 0 saturated heterocycles. The number of amides is 1. The minimum Gasteiger partial charge on any atom is -0.495 e. The lowest BCUT2D eigenvalue weighted by Crippen LogP contribution is -2.44. The second-order valence-electron chi connectivity index (χ2n) is 16.4. The fraction of sp³-hybridized carbons (Fsp3) is 0.391. The largest absolute Gasteiger partial charge is 0.495 e. The summed E-state index contributed by atoms with van der Waals surface area (Å²) in [5.41, 5.74) is 7.40.